The molecule has 0 saturated carbocycles. The Bertz CT molecular complexity index is 634. The van der Waals surface area contributed by atoms with Gasteiger partial charge < -0.3 is 26.8 Å². The van der Waals surface area contributed by atoms with Crippen molar-refractivity contribution in [3.63, 3.8) is 0 Å². The van der Waals surface area contributed by atoms with E-state index in [2.05, 4.69) is 16.0 Å². The molecule has 0 fully saturated rings. The van der Waals surface area contributed by atoms with Crippen molar-refractivity contribution in [2.75, 3.05) is 0 Å². The van der Waals surface area contributed by atoms with Crippen molar-refractivity contribution < 1.29 is 24.3 Å². The van der Waals surface area contributed by atoms with Crippen LogP contribution in [0.5, 0.6) is 0 Å². The Morgan fingerprint density at radius 2 is 0.938 bits per heavy atom. The maximum Gasteiger partial charge on any atom is 0.326 e. The van der Waals surface area contributed by atoms with E-state index in [9.17, 15) is 24.3 Å². The van der Waals surface area contributed by atoms with Crippen LogP contribution in [0.3, 0.4) is 0 Å². The fraction of sp³-hybridized carbons (Fsp3) is 0.826. The van der Waals surface area contributed by atoms with Gasteiger partial charge in [-0.25, -0.2) is 4.79 Å². The number of carboxylic acid groups (broad SMARTS) is 1. The minimum Gasteiger partial charge on any atom is -0.480 e. The number of carbonyl (C=O) groups excluding carboxylic acids is 3. The number of nitrogens with one attached hydrogen (secondary N) is 3. The molecule has 3 amide bonds. The van der Waals surface area contributed by atoms with Gasteiger partial charge in [0.2, 0.25) is 17.7 Å². The summed E-state index contributed by atoms with van der Waals surface area (Å²) in [4.78, 5) is 49.9. The molecule has 0 radical (unpaired) electrons. The normalized spacial score (nSPS) is 15.4. The monoisotopic (exact) mass is 456 g/mol. The number of carbonyl (C=O) groups is 4. The van der Waals surface area contributed by atoms with Crippen LogP contribution in [0, 0.1) is 23.7 Å². The topological polar surface area (TPSA) is 151 Å². The van der Waals surface area contributed by atoms with Crippen molar-refractivity contribution in [3.8, 4) is 0 Å². The number of nitrogens with two attached hydrogens (primary N) is 1. The first-order chi connectivity index (χ1) is 14.6. The summed E-state index contributed by atoms with van der Waals surface area (Å²) in [5.74, 6) is -2.40. The lowest BCUT2D eigenvalue weighted by Crippen LogP contribution is -2.58. The minimum absolute atomic E-state index is 0.0744. The fourth-order valence-electron chi connectivity index (χ4n) is 3.21. The van der Waals surface area contributed by atoms with Crippen molar-refractivity contribution in [3.05, 3.63) is 0 Å². The lowest BCUT2D eigenvalue weighted by Gasteiger charge is -2.27. The molecule has 0 aromatic heterocycles. The molecule has 4 atom stereocenters. The van der Waals surface area contributed by atoms with Gasteiger partial charge in [0.1, 0.15) is 18.1 Å². The first-order valence-electron chi connectivity index (χ1n) is 11.5. The van der Waals surface area contributed by atoms with Gasteiger partial charge in [-0.2, -0.15) is 0 Å². The SMILES string of the molecule is CC(C)CC(NC(=O)C(CC(C)C)NC(=O)C(CC(C)C)NC(=O)C(N)C(C)C)C(=O)O. The third-order valence-electron chi connectivity index (χ3n) is 5.02. The van der Waals surface area contributed by atoms with Gasteiger partial charge in [0.25, 0.3) is 0 Å². The summed E-state index contributed by atoms with van der Waals surface area (Å²) < 4.78 is 0. The van der Waals surface area contributed by atoms with Gasteiger partial charge in [0.05, 0.1) is 6.04 Å². The van der Waals surface area contributed by atoms with Crippen LogP contribution in [-0.2, 0) is 19.2 Å². The second kappa shape index (κ2) is 14.1. The van der Waals surface area contributed by atoms with Crippen LogP contribution >= 0.6 is 0 Å². The summed E-state index contributed by atoms with van der Waals surface area (Å²) in [5.41, 5.74) is 5.91. The summed E-state index contributed by atoms with van der Waals surface area (Å²) >= 11 is 0. The zero-order chi connectivity index (χ0) is 25.2. The lowest BCUT2D eigenvalue weighted by atomic mass is 9.98. The summed E-state index contributed by atoms with van der Waals surface area (Å²) in [7, 11) is 0. The molecule has 0 saturated heterocycles. The molecule has 0 heterocycles. The van der Waals surface area contributed by atoms with E-state index < -0.39 is 47.9 Å². The van der Waals surface area contributed by atoms with Gasteiger partial charge >= 0.3 is 5.97 Å². The largest absolute Gasteiger partial charge is 0.480 e. The molecular formula is C23H44N4O5. The van der Waals surface area contributed by atoms with Crippen LogP contribution in [-0.4, -0.2) is 53.0 Å². The third-order valence-corrected chi connectivity index (χ3v) is 5.02. The average molecular weight is 457 g/mol. The zero-order valence-corrected chi connectivity index (χ0v) is 20.9. The Hall–Kier alpha value is -2.16. The number of hydrogen-bond donors (Lipinski definition) is 5. The number of carboxylic acids is 1. The molecule has 32 heavy (non-hydrogen) atoms. The highest BCUT2D eigenvalue weighted by atomic mass is 16.4. The van der Waals surface area contributed by atoms with Crippen LogP contribution < -0.4 is 21.7 Å². The molecule has 6 N–H and O–H groups in total. The first-order valence-corrected chi connectivity index (χ1v) is 11.5. The van der Waals surface area contributed by atoms with Gasteiger partial charge in [0.15, 0.2) is 0 Å². The van der Waals surface area contributed by atoms with E-state index in [1.54, 1.807) is 0 Å². The van der Waals surface area contributed by atoms with Gasteiger partial charge in [-0.05, 0) is 42.9 Å². The number of hydrogen-bond acceptors (Lipinski definition) is 5. The number of amides is 3. The van der Waals surface area contributed by atoms with Crippen molar-refractivity contribution >= 4 is 23.7 Å². The maximum atomic E-state index is 13.0. The van der Waals surface area contributed by atoms with Crippen LogP contribution in [0.2, 0.25) is 0 Å². The van der Waals surface area contributed by atoms with E-state index in [0.29, 0.717) is 12.8 Å². The molecule has 186 valence electrons. The predicted octanol–water partition coefficient (Wildman–Crippen LogP) is 1.65. The highest BCUT2D eigenvalue weighted by Crippen LogP contribution is 2.11. The smallest absolute Gasteiger partial charge is 0.326 e. The molecule has 4 unspecified atom stereocenters. The molecule has 0 aliphatic rings. The molecule has 9 nitrogen and oxygen atoms in total. The summed E-state index contributed by atoms with van der Waals surface area (Å²) in [6.45, 7) is 15.1. The molecule has 9 heteroatoms. The van der Waals surface area contributed by atoms with E-state index in [1.165, 1.54) is 0 Å². The van der Waals surface area contributed by atoms with Crippen molar-refractivity contribution in [1.82, 2.24) is 16.0 Å². The highest BCUT2D eigenvalue weighted by molar-refractivity contribution is 5.94. The van der Waals surface area contributed by atoms with Gasteiger partial charge in [-0.15, -0.1) is 0 Å². The first kappa shape index (κ1) is 29.8. The van der Waals surface area contributed by atoms with E-state index in [-0.39, 0.29) is 30.1 Å². The Balaban J connectivity index is 5.52. The quantitative estimate of drug-likeness (QED) is 0.268. The van der Waals surface area contributed by atoms with Gasteiger partial charge in [0, 0.05) is 0 Å². The summed E-state index contributed by atoms with van der Waals surface area (Å²) in [6, 6.07) is -3.55. The standard InChI is InChI=1S/C23H44N4O5/c1-12(2)9-16(21(29)27-18(23(31)32)11-14(5)6)25-20(28)17(10-13(3)4)26-22(30)19(24)15(7)8/h12-19H,9-11,24H2,1-8H3,(H,25,28)(H,26,30)(H,27,29)(H,31,32). The Morgan fingerprint density at radius 1 is 0.625 bits per heavy atom. The molecule has 0 aliphatic carbocycles. The summed E-state index contributed by atoms with van der Waals surface area (Å²) in [6.07, 6.45) is 0.992. The lowest BCUT2D eigenvalue weighted by molar-refractivity contribution is -0.143. The molecule has 0 aliphatic heterocycles. The molecule has 0 bridgehead atoms. The molecule has 0 spiro atoms. The molecule has 0 aromatic carbocycles. The van der Waals surface area contributed by atoms with Crippen LogP contribution in [0.25, 0.3) is 0 Å². The van der Waals surface area contributed by atoms with Crippen molar-refractivity contribution in [2.24, 2.45) is 29.4 Å². The second-order valence-electron chi connectivity index (χ2n) is 10.2. The number of aliphatic carboxylic acids is 1. The maximum absolute atomic E-state index is 13.0. The van der Waals surface area contributed by atoms with E-state index in [1.807, 2.05) is 55.4 Å². The average Bonchev–Trinajstić information content (AvgIpc) is 2.64. The second-order valence-corrected chi connectivity index (χ2v) is 10.2. The van der Waals surface area contributed by atoms with Crippen LogP contribution in [0.1, 0.15) is 74.7 Å². The van der Waals surface area contributed by atoms with Crippen molar-refractivity contribution in [2.45, 2.75) is 98.8 Å². The van der Waals surface area contributed by atoms with Crippen molar-refractivity contribution in [1.29, 1.82) is 0 Å². The van der Waals surface area contributed by atoms with Gasteiger partial charge in [-0.1, -0.05) is 55.4 Å². The fourth-order valence-corrected chi connectivity index (χ4v) is 3.21. The van der Waals surface area contributed by atoms with Crippen LogP contribution in [0.4, 0.5) is 0 Å². The Labute approximate surface area is 192 Å². The molecule has 0 rings (SSSR count). The Morgan fingerprint density at radius 3 is 1.25 bits per heavy atom. The summed E-state index contributed by atoms with van der Waals surface area (Å²) in [5, 5.41) is 17.4. The zero-order valence-electron chi connectivity index (χ0n) is 20.9. The van der Waals surface area contributed by atoms with E-state index >= 15 is 0 Å². The number of rotatable bonds is 14. The minimum atomic E-state index is -1.12. The van der Waals surface area contributed by atoms with Crippen LogP contribution in [0.15, 0.2) is 0 Å². The highest BCUT2D eigenvalue weighted by Gasteiger charge is 2.31. The Kier molecular flexibility index (Phi) is 13.1. The van der Waals surface area contributed by atoms with E-state index in [0.717, 1.165) is 0 Å². The third kappa shape index (κ3) is 11.5. The van der Waals surface area contributed by atoms with E-state index in [4.69, 9.17) is 5.73 Å². The van der Waals surface area contributed by atoms with Gasteiger partial charge in [-0.3, -0.25) is 14.4 Å². The molecular weight excluding hydrogens is 412 g/mol. The predicted molar refractivity (Wildman–Crippen MR) is 125 cm³/mol. The molecule has 0 aromatic rings.